The van der Waals surface area contributed by atoms with E-state index in [0.717, 1.165) is 43.1 Å². The fraction of sp³-hybridized carbons (Fsp3) is 0.542. The van der Waals surface area contributed by atoms with Gasteiger partial charge in [0.25, 0.3) is 0 Å². The Balaban J connectivity index is 1.64. The molecular formula is C24H34N4O2S. The molecule has 0 saturated carbocycles. The van der Waals surface area contributed by atoms with E-state index in [-0.39, 0.29) is 17.9 Å². The van der Waals surface area contributed by atoms with Gasteiger partial charge >= 0.3 is 0 Å². The molecule has 31 heavy (non-hydrogen) atoms. The number of rotatable bonds is 8. The smallest absolute Gasteiger partial charge is 0.236 e. The summed E-state index contributed by atoms with van der Waals surface area (Å²) in [5.74, 6) is 0.672. The van der Waals surface area contributed by atoms with Crippen molar-refractivity contribution in [1.82, 2.24) is 19.7 Å². The van der Waals surface area contributed by atoms with Crippen LogP contribution in [-0.4, -0.2) is 78.3 Å². The standard InChI is InChI=1S/C24H34N4O2S/c1-18-25-21(17-31-18)15-23(29)28-12-10-20(11-13-28)22(14-19-8-6-5-7-9-19)27(4)24(30)16-26(2)3/h5-9,17,20,22H,10-16H2,1-4H3. The third-order valence-electron chi connectivity index (χ3n) is 6.07. The Morgan fingerprint density at radius 1 is 1.16 bits per heavy atom. The zero-order valence-corrected chi connectivity index (χ0v) is 19.9. The zero-order valence-electron chi connectivity index (χ0n) is 19.1. The van der Waals surface area contributed by atoms with Crippen LogP contribution in [0.3, 0.4) is 0 Å². The second kappa shape index (κ2) is 10.9. The molecule has 2 heterocycles. The number of hydrogen-bond acceptors (Lipinski definition) is 5. The zero-order chi connectivity index (χ0) is 22.4. The molecule has 0 spiro atoms. The highest BCUT2D eigenvalue weighted by atomic mass is 32.1. The second-order valence-corrected chi connectivity index (χ2v) is 9.81. The van der Waals surface area contributed by atoms with Gasteiger partial charge in [0.15, 0.2) is 0 Å². The van der Waals surface area contributed by atoms with Gasteiger partial charge in [0.2, 0.25) is 11.8 Å². The maximum Gasteiger partial charge on any atom is 0.236 e. The molecule has 2 aromatic rings. The van der Waals surface area contributed by atoms with Gasteiger partial charge in [-0.25, -0.2) is 4.98 Å². The van der Waals surface area contributed by atoms with Gasteiger partial charge in [-0.05, 0) is 51.8 Å². The quantitative estimate of drug-likeness (QED) is 0.631. The van der Waals surface area contributed by atoms with Crippen LogP contribution >= 0.6 is 11.3 Å². The van der Waals surface area contributed by atoms with E-state index < -0.39 is 0 Å². The summed E-state index contributed by atoms with van der Waals surface area (Å²) in [7, 11) is 5.78. The van der Waals surface area contributed by atoms with E-state index >= 15 is 0 Å². The van der Waals surface area contributed by atoms with E-state index in [1.165, 1.54) is 5.56 Å². The fourth-order valence-electron chi connectivity index (χ4n) is 4.33. The predicted molar refractivity (Wildman–Crippen MR) is 125 cm³/mol. The summed E-state index contributed by atoms with van der Waals surface area (Å²) in [6, 6.07) is 10.5. The average Bonchev–Trinajstić information content (AvgIpc) is 3.16. The molecule has 1 aromatic carbocycles. The summed E-state index contributed by atoms with van der Waals surface area (Å²) >= 11 is 1.59. The first-order valence-electron chi connectivity index (χ1n) is 11.0. The topological polar surface area (TPSA) is 56.8 Å². The van der Waals surface area contributed by atoms with Gasteiger partial charge in [-0.3, -0.25) is 9.59 Å². The van der Waals surface area contributed by atoms with Crippen LogP contribution in [0.4, 0.5) is 0 Å². The Kier molecular flexibility index (Phi) is 8.21. The first kappa shape index (κ1) is 23.4. The van der Waals surface area contributed by atoms with E-state index in [4.69, 9.17) is 0 Å². The lowest BCUT2D eigenvalue weighted by atomic mass is 9.84. The molecule has 7 heteroatoms. The highest BCUT2D eigenvalue weighted by molar-refractivity contribution is 7.09. The van der Waals surface area contributed by atoms with Crippen molar-refractivity contribution in [3.8, 4) is 0 Å². The number of hydrogen-bond donors (Lipinski definition) is 0. The van der Waals surface area contributed by atoms with Crippen molar-refractivity contribution in [3.05, 3.63) is 52.0 Å². The number of piperidine rings is 1. The lowest BCUT2D eigenvalue weighted by Crippen LogP contribution is -2.50. The van der Waals surface area contributed by atoms with Crippen molar-refractivity contribution in [1.29, 1.82) is 0 Å². The van der Waals surface area contributed by atoms with Gasteiger partial charge in [0, 0.05) is 31.6 Å². The Bertz CT molecular complexity index is 859. The highest BCUT2D eigenvalue weighted by Gasteiger charge is 2.32. The van der Waals surface area contributed by atoms with Crippen LogP contribution in [0.2, 0.25) is 0 Å². The van der Waals surface area contributed by atoms with Crippen LogP contribution in [-0.2, 0) is 22.4 Å². The molecule has 1 saturated heterocycles. The van der Waals surface area contributed by atoms with Gasteiger partial charge in [-0.15, -0.1) is 11.3 Å². The lowest BCUT2D eigenvalue weighted by molar-refractivity contribution is -0.136. The van der Waals surface area contributed by atoms with Crippen molar-refractivity contribution in [2.75, 3.05) is 40.8 Å². The SMILES string of the molecule is Cc1nc(CC(=O)N2CCC(C(Cc3ccccc3)N(C)C(=O)CN(C)C)CC2)cs1. The highest BCUT2D eigenvalue weighted by Crippen LogP contribution is 2.27. The van der Waals surface area contributed by atoms with Crippen LogP contribution in [0.25, 0.3) is 0 Å². The second-order valence-electron chi connectivity index (χ2n) is 8.75. The monoisotopic (exact) mass is 442 g/mol. The molecule has 6 nitrogen and oxygen atoms in total. The van der Waals surface area contributed by atoms with E-state index in [1.54, 1.807) is 11.3 Å². The number of aryl methyl sites for hydroxylation is 1. The maximum absolute atomic E-state index is 12.8. The van der Waals surface area contributed by atoms with E-state index in [9.17, 15) is 9.59 Å². The van der Waals surface area contributed by atoms with E-state index in [0.29, 0.717) is 18.9 Å². The third kappa shape index (κ3) is 6.61. The summed E-state index contributed by atoms with van der Waals surface area (Å²) in [6.07, 6.45) is 3.05. The molecule has 1 fully saturated rings. The molecule has 0 bridgehead atoms. The Labute approximate surface area is 189 Å². The van der Waals surface area contributed by atoms with Gasteiger partial charge in [0.05, 0.1) is 23.7 Å². The number of benzene rings is 1. The lowest BCUT2D eigenvalue weighted by Gasteiger charge is -2.40. The maximum atomic E-state index is 12.8. The molecule has 1 aromatic heterocycles. The van der Waals surface area contributed by atoms with Gasteiger partial charge in [-0.2, -0.15) is 0 Å². The number of aromatic nitrogens is 1. The molecule has 1 unspecified atom stereocenters. The Morgan fingerprint density at radius 2 is 1.84 bits per heavy atom. The summed E-state index contributed by atoms with van der Waals surface area (Å²) in [5.41, 5.74) is 2.11. The van der Waals surface area contributed by atoms with E-state index in [1.807, 2.05) is 54.2 Å². The van der Waals surface area contributed by atoms with Crippen molar-refractivity contribution in [2.24, 2.45) is 5.92 Å². The molecule has 1 aliphatic rings. The molecular weight excluding hydrogens is 408 g/mol. The largest absolute Gasteiger partial charge is 0.342 e. The number of nitrogens with zero attached hydrogens (tertiary/aromatic N) is 4. The fourth-order valence-corrected chi connectivity index (χ4v) is 4.94. The number of carbonyl (C=O) groups excluding carboxylic acids is 2. The molecule has 2 amide bonds. The van der Waals surface area contributed by atoms with Crippen molar-refractivity contribution >= 4 is 23.2 Å². The van der Waals surface area contributed by atoms with Crippen LogP contribution in [0.5, 0.6) is 0 Å². The number of likely N-dealkylation sites (N-methyl/N-ethyl adjacent to an activating group) is 2. The molecule has 168 valence electrons. The molecule has 1 aliphatic heterocycles. The van der Waals surface area contributed by atoms with Gasteiger partial charge < -0.3 is 14.7 Å². The first-order chi connectivity index (χ1) is 14.8. The third-order valence-corrected chi connectivity index (χ3v) is 6.89. The normalized spacial score (nSPS) is 15.8. The minimum absolute atomic E-state index is 0.133. The minimum atomic E-state index is 0.133. The van der Waals surface area contributed by atoms with E-state index in [2.05, 4.69) is 29.2 Å². The van der Waals surface area contributed by atoms with Crippen molar-refractivity contribution in [2.45, 2.75) is 38.6 Å². The predicted octanol–water partition coefficient (Wildman–Crippen LogP) is 2.86. The van der Waals surface area contributed by atoms with Crippen LogP contribution in [0, 0.1) is 12.8 Å². The van der Waals surface area contributed by atoms with Crippen LogP contribution in [0.1, 0.15) is 29.1 Å². The average molecular weight is 443 g/mol. The number of carbonyl (C=O) groups is 2. The van der Waals surface area contributed by atoms with Gasteiger partial charge in [-0.1, -0.05) is 30.3 Å². The molecule has 1 atom stereocenters. The molecule has 3 rings (SSSR count). The summed E-state index contributed by atoms with van der Waals surface area (Å²) in [4.78, 5) is 35.8. The van der Waals surface area contributed by atoms with Crippen LogP contribution in [0.15, 0.2) is 35.7 Å². The molecule has 0 aliphatic carbocycles. The first-order valence-corrected chi connectivity index (χ1v) is 11.8. The number of thiazole rings is 1. The Morgan fingerprint density at radius 3 is 2.42 bits per heavy atom. The Hall–Kier alpha value is -2.25. The molecule has 0 radical (unpaired) electrons. The minimum Gasteiger partial charge on any atom is -0.342 e. The van der Waals surface area contributed by atoms with Crippen molar-refractivity contribution in [3.63, 3.8) is 0 Å². The summed E-state index contributed by atoms with van der Waals surface area (Å²) < 4.78 is 0. The van der Waals surface area contributed by atoms with Crippen molar-refractivity contribution < 1.29 is 9.59 Å². The number of amides is 2. The van der Waals surface area contributed by atoms with Crippen LogP contribution < -0.4 is 0 Å². The number of likely N-dealkylation sites (tertiary alicyclic amines) is 1. The summed E-state index contributed by atoms with van der Waals surface area (Å²) in [6.45, 7) is 3.86. The van der Waals surface area contributed by atoms with Gasteiger partial charge in [0.1, 0.15) is 0 Å². The molecule has 0 N–H and O–H groups in total. The summed E-state index contributed by atoms with van der Waals surface area (Å²) in [5, 5.41) is 2.97.